The lowest BCUT2D eigenvalue weighted by Crippen LogP contribution is -2.21. The van der Waals surface area contributed by atoms with Crippen LogP contribution in [0, 0.1) is 0 Å². The van der Waals surface area contributed by atoms with Crippen molar-refractivity contribution in [1.82, 2.24) is 0 Å². The number of carboxylic acid groups (broad SMARTS) is 1. The van der Waals surface area contributed by atoms with E-state index in [1.165, 1.54) is 0 Å². The van der Waals surface area contributed by atoms with E-state index in [2.05, 4.69) is 0 Å². The van der Waals surface area contributed by atoms with Crippen LogP contribution in [-0.4, -0.2) is 29.0 Å². The average molecular weight is 160 g/mol. The number of hydrogen-bond acceptors (Lipinski definition) is 2. The molecule has 0 heterocycles. The molecule has 0 amide bonds. The zero-order valence-corrected chi connectivity index (χ0v) is 5.14. The maximum Gasteiger partial charge on any atom is 0.490 e. The lowest BCUT2D eigenvalue weighted by atomic mass is 10.7. The van der Waals surface area contributed by atoms with E-state index in [1.54, 1.807) is 6.92 Å². The van der Waals surface area contributed by atoms with Crippen LogP contribution in [0.1, 0.15) is 6.92 Å². The van der Waals surface area contributed by atoms with Crippen LogP contribution < -0.4 is 0 Å². The maximum absolute atomic E-state index is 10.6. The van der Waals surface area contributed by atoms with E-state index in [9.17, 15) is 13.2 Å². The number of aliphatic hydroxyl groups is 1. The third kappa shape index (κ3) is 10.3. The first-order valence-electron chi connectivity index (χ1n) is 2.27. The number of rotatable bonds is 0. The van der Waals surface area contributed by atoms with Gasteiger partial charge in [0.05, 0.1) is 0 Å². The fourth-order valence-electron chi connectivity index (χ4n) is 0. The normalized spacial score (nSPS) is 9.70. The second-order valence-electron chi connectivity index (χ2n) is 1.12. The fraction of sp³-hybridized carbons (Fsp3) is 0.750. The second kappa shape index (κ2) is 5.04. The van der Waals surface area contributed by atoms with E-state index < -0.39 is 12.1 Å². The van der Waals surface area contributed by atoms with Crippen LogP contribution in [-0.2, 0) is 4.79 Å². The Morgan fingerprint density at radius 1 is 1.50 bits per heavy atom. The van der Waals surface area contributed by atoms with Crippen LogP contribution in [0.4, 0.5) is 13.2 Å². The number of carbonyl (C=O) groups is 1. The highest BCUT2D eigenvalue weighted by Crippen LogP contribution is 2.13. The van der Waals surface area contributed by atoms with Crippen molar-refractivity contribution in [3.63, 3.8) is 0 Å². The smallest absolute Gasteiger partial charge is 0.475 e. The fourth-order valence-corrected chi connectivity index (χ4v) is 0. The Balaban J connectivity index is 0. The van der Waals surface area contributed by atoms with Crippen molar-refractivity contribution in [2.75, 3.05) is 6.61 Å². The molecule has 0 aromatic rings. The van der Waals surface area contributed by atoms with Gasteiger partial charge in [-0.3, -0.25) is 0 Å². The van der Waals surface area contributed by atoms with E-state index in [0.717, 1.165) is 0 Å². The highest BCUT2D eigenvalue weighted by molar-refractivity contribution is 5.73. The standard InChI is InChI=1S/C2HF3O2.C2H6O/c3-2(4,5)1(6)7;1-2-3/h(H,6,7);3H,2H2,1H3. The molecule has 10 heavy (non-hydrogen) atoms. The monoisotopic (exact) mass is 160 g/mol. The zero-order chi connectivity index (χ0) is 8.78. The lowest BCUT2D eigenvalue weighted by molar-refractivity contribution is -0.192. The minimum absolute atomic E-state index is 0.250. The number of carboxylic acids is 1. The number of alkyl halides is 3. The highest BCUT2D eigenvalue weighted by Gasteiger charge is 2.38. The molecule has 0 saturated heterocycles. The van der Waals surface area contributed by atoms with Crippen LogP contribution >= 0.6 is 0 Å². The van der Waals surface area contributed by atoms with Gasteiger partial charge >= 0.3 is 12.1 Å². The first-order chi connectivity index (χ1) is 4.36. The van der Waals surface area contributed by atoms with Gasteiger partial charge in [-0.05, 0) is 6.92 Å². The molecule has 3 nitrogen and oxygen atoms in total. The Hall–Kier alpha value is -0.780. The quantitative estimate of drug-likeness (QED) is 0.546. The molecule has 0 fully saturated rings. The van der Waals surface area contributed by atoms with Crippen LogP contribution in [0.5, 0.6) is 0 Å². The molecule has 0 spiro atoms. The molecular formula is C4H7F3O3. The molecule has 0 aliphatic heterocycles. The molecule has 0 radical (unpaired) electrons. The number of aliphatic carboxylic acids is 1. The summed E-state index contributed by atoms with van der Waals surface area (Å²) in [4.78, 5) is 8.90. The van der Waals surface area contributed by atoms with Gasteiger partial charge in [-0.1, -0.05) is 0 Å². The van der Waals surface area contributed by atoms with Crippen molar-refractivity contribution in [3.8, 4) is 0 Å². The molecule has 2 N–H and O–H groups in total. The Labute approximate surface area is 55.1 Å². The number of hydrogen-bond donors (Lipinski definition) is 2. The van der Waals surface area contributed by atoms with Crippen LogP contribution in [0.2, 0.25) is 0 Å². The van der Waals surface area contributed by atoms with Crippen molar-refractivity contribution < 1.29 is 28.2 Å². The summed E-state index contributed by atoms with van der Waals surface area (Å²) in [6.07, 6.45) is -5.08. The number of aliphatic hydroxyl groups excluding tert-OH is 1. The van der Waals surface area contributed by atoms with Gasteiger partial charge in [-0.2, -0.15) is 13.2 Å². The molecule has 6 heteroatoms. The summed E-state index contributed by atoms with van der Waals surface area (Å²) in [6, 6.07) is 0. The summed E-state index contributed by atoms with van der Waals surface area (Å²) in [5, 5.41) is 14.7. The minimum Gasteiger partial charge on any atom is -0.475 e. The first kappa shape index (κ1) is 12.0. The predicted octanol–water partition coefficient (Wildman–Crippen LogP) is 0.632. The molecule has 0 saturated carbocycles. The Kier molecular flexibility index (Phi) is 6.02. The minimum atomic E-state index is -5.08. The summed E-state index contributed by atoms with van der Waals surface area (Å²) in [6.45, 7) is 1.93. The summed E-state index contributed by atoms with van der Waals surface area (Å²) in [7, 11) is 0. The average Bonchev–Trinajstić information content (AvgIpc) is 1.64. The third-order valence-corrected chi connectivity index (χ3v) is 0.243. The van der Waals surface area contributed by atoms with Gasteiger partial charge in [0.1, 0.15) is 0 Å². The molecule has 0 aliphatic rings. The Bertz CT molecular complexity index is 98.4. The van der Waals surface area contributed by atoms with Crippen LogP contribution in [0.3, 0.4) is 0 Å². The van der Waals surface area contributed by atoms with Gasteiger partial charge in [0.15, 0.2) is 0 Å². The molecule has 0 aliphatic carbocycles. The van der Waals surface area contributed by atoms with Crippen molar-refractivity contribution in [3.05, 3.63) is 0 Å². The van der Waals surface area contributed by atoms with Crippen molar-refractivity contribution >= 4 is 5.97 Å². The molecule has 0 bridgehead atoms. The van der Waals surface area contributed by atoms with E-state index in [4.69, 9.17) is 15.0 Å². The summed E-state index contributed by atoms with van der Waals surface area (Å²) < 4.78 is 31.7. The second-order valence-corrected chi connectivity index (χ2v) is 1.12. The predicted molar refractivity (Wildman–Crippen MR) is 26.5 cm³/mol. The van der Waals surface area contributed by atoms with Crippen LogP contribution in [0.15, 0.2) is 0 Å². The molecule has 0 unspecified atom stereocenters. The van der Waals surface area contributed by atoms with E-state index in [1.807, 2.05) is 0 Å². The molecule has 62 valence electrons. The van der Waals surface area contributed by atoms with Crippen molar-refractivity contribution in [2.45, 2.75) is 13.1 Å². The zero-order valence-electron chi connectivity index (χ0n) is 5.14. The molecular weight excluding hydrogens is 153 g/mol. The van der Waals surface area contributed by atoms with Gasteiger partial charge in [-0.15, -0.1) is 0 Å². The van der Waals surface area contributed by atoms with Crippen molar-refractivity contribution in [1.29, 1.82) is 0 Å². The summed E-state index contributed by atoms with van der Waals surface area (Å²) in [5.74, 6) is -2.76. The van der Waals surface area contributed by atoms with Gasteiger partial charge in [-0.25, -0.2) is 4.79 Å². The highest BCUT2D eigenvalue weighted by atomic mass is 19.4. The number of halogens is 3. The topological polar surface area (TPSA) is 57.5 Å². The van der Waals surface area contributed by atoms with Gasteiger partial charge in [0, 0.05) is 6.61 Å². The largest absolute Gasteiger partial charge is 0.490 e. The van der Waals surface area contributed by atoms with E-state index in [0.29, 0.717) is 0 Å². The van der Waals surface area contributed by atoms with E-state index >= 15 is 0 Å². The van der Waals surface area contributed by atoms with Gasteiger partial charge < -0.3 is 10.2 Å². The Morgan fingerprint density at radius 2 is 1.60 bits per heavy atom. The van der Waals surface area contributed by atoms with E-state index in [-0.39, 0.29) is 6.61 Å². The summed E-state index contributed by atoms with van der Waals surface area (Å²) >= 11 is 0. The molecule has 0 aromatic carbocycles. The molecule has 0 aromatic heterocycles. The van der Waals surface area contributed by atoms with Crippen LogP contribution in [0.25, 0.3) is 0 Å². The SMILES string of the molecule is CCO.O=C(O)C(F)(F)F. The molecule has 0 rings (SSSR count). The van der Waals surface area contributed by atoms with Gasteiger partial charge in [0.2, 0.25) is 0 Å². The maximum atomic E-state index is 10.6. The third-order valence-electron chi connectivity index (χ3n) is 0.243. The lowest BCUT2D eigenvalue weighted by Gasteiger charge is -1.93. The van der Waals surface area contributed by atoms with Crippen molar-refractivity contribution in [2.24, 2.45) is 0 Å². The molecule has 0 atom stereocenters. The Morgan fingerprint density at radius 3 is 1.60 bits per heavy atom. The summed E-state index contributed by atoms with van der Waals surface area (Å²) in [5.41, 5.74) is 0. The first-order valence-corrected chi connectivity index (χ1v) is 2.27. The van der Waals surface area contributed by atoms with Gasteiger partial charge in [0.25, 0.3) is 0 Å².